The van der Waals surface area contributed by atoms with Crippen molar-refractivity contribution in [1.82, 2.24) is 0 Å². The van der Waals surface area contributed by atoms with Crippen molar-refractivity contribution in [3.05, 3.63) is 72.8 Å². The first kappa shape index (κ1) is 16.7. The van der Waals surface area contributed by atoms with Gasteiger partial charge in [-0.1, -0.05) is 93.6 Å². The molecular weight excluding hydrogens is 284 g/mol. The van der Waals surface area contributed by atoms with Crippen LogP contribution in [-0.4, -0.2) is 14.9 Å². The first-order chi connectivity index (χ1) is 10.5. The number of rotatable bonds is 5. The highest BCUT2D eigenvalue weighted by molar-refractivity contribution is 6.99. The number of hydrogen-bond donors (Lipinski definition) is 0. The van der Waals surface area contributed by atoms with Crippen molar-refractivity contribution in [2.45, 2.75) is 32.7 Å². The molecule has 0 aliphatic heterocycles. The van der Waals surface area contributed by atoms with E-state index in [0.717, 1.165) is 0 Å². The van der Waals surface area contributed by atoms with Gasteiger partial charge in [0.25, 0.3) is 8.32 Å². The largest absolute Gasteiger partial charge is 0.404 e. The molecule has 1 nitrogen and oxygen atoms in total. The van der Waals surface area contributed by atoms with E-state index in [-0.39, 0.29) is 5.04 Å². The molecule has 0 aliphatic rings. The Kier molecular flexibility index (Phi) is 5.38. The van der Waals surface area contributed by atoms with E-state index in [1.165, 1.54) is 10.4 Å². The van der Waals surface area contributed by atoms with Crippen LogP contribution in [0.4, 0.5) is 0 Å². The third-order valence-electron chi connectivity index (χ3n) is 4.05. The number of benzene rings is 2. The maximum atomic E-state index is 6.66. The van der Waals surface area contributed by atoms with Crippen LogP contribution < -0.4 is 10.4 Å². The fourth-order valence-corrected chi connectivity index (χ4v) is 7.53. The molecule has 0 fully saturated rings. The molecule has 0 spiro atoms. The molecule has 0 heterocycles. The summed E-state index contributed by atoms with van der Waals surface area (Å²) in [5.41, 5.74) is 0. The van der Waals surface area contributed by atoms with Crippen LogP contribution in [-0.2, 0) is 4.43 Å². The zero-order valence-corrected chi connectivity index (χ0v) is 15.0. The molecule has 116 valence electrons. The molecular formula is C20H26OSi. The van der Waals surface area contributed by atoms with Crippen molar-refractivity contribution < 1.29 is 4.43 Å². The normalized spacial score (nSPS) is 12.7. The SMILES string of the molecule is C/C=C/CO[Si](c1ccccc1)(c1ccccc1)C(C)(C)C. The van der Waals surface area contributed by atoms with Crippen LogP contribution >= 0.6 is 0 Å². The van der Waals surface area contributed by atoms with Gasteiger partial charge in [0.15, 0.2) is 0 Å². The Morgan fingerprint density at radius 3 is 1.68 bits per heavy atom. The maximum Gasteiger partial charge on any atom is 0.261 e. The Bertz CT molecular complexity index is 557. The predicted molar refractivity (Wildman–Crippen MR) is 98.4 cm³/mol. The summed E-state index contributed by atoms with van der Waals surface area (Å²) in [6.07, 6.45) is 4.15. The molecule has 0 radical (unpaired) electrons. The molecule has 0 amide bonds. The highest BCUT2D eigenvalue weighted by Crippen LogP contribution is 2.36. The molecule has 0 N–H and O–H groups in total. The molecule has 2 aromatic carbocycles. The van der Waals surface area contributed by atoms with Gasteiger partial charge in [0.05, 0.1) is 6.61 Å². The first-order valence-corrected chi connectivity index (χ1v) is 9.79. The minimum absolute atomic E-state index is 0.0529. The average Bonchev–Trinajstić information content (AvgIpc) is 2.52. The van der Waals surface area contributed by atoms with Crippen LogP contribution in [0.1, 0.15) is 27.7 Å². The van der Waals surface area contributed by atoms with E-state index in [1.807, 2.05) is 6.92 Å². The second-order valence-corrected chi connectivity index (χ2v) is 10.8. The summed E-state index contributed by atoms with van der Waals surface area (Å²) in [6, 6.07) is 21.5. The molecule has 0 atom stereocenters. The van der Waals surface area contributed by atoms with Crippen molar-refractivity contribution in [3.63, 3.8) is 0 Å². The molecule has 0 aromatic heterocycles. The smallest absolute Gasteiger partial charge is 0.261 e. The lowest BCUT2D eigenvalue weighted by Crippen LogP contribution is -2.66. The van der Waals surface area contributed by atoms with Crippen molar-refractivity contribution in [3.8, 4) is 0 Å². The summed E-state index contributed by atoms with van der Waals surface area (Å²) < 4.78 is 6.66. The molecule has 2 heteroatoms. The van der Waals surface area contributed by atoms with E-state index in [1.54, 1.807) is 0 Å². The minimum Gasteiger partial charge on any atom is -0.404 e. The summed E-state index contributed by atoms with van der Waals surface area (Å²) in [7, 11) is -2.34. The molecule has 2 aromatic rings. The molecule has 22 heavy (non-hydrogen) atoms. The van der Waals surface area contributed by atoms with Crippen LogP contribution in [0.2, 0.25) is 5.04 Å². The van der Waals surface area contributed by atoms with Gasteiger partial charge in [0.2, 0.25) is 0 Å². The van der Waals surface area contributed by atoms with Gasteiger partial charge in [-0.3, -0.25) is 0 Å². The second-order valence-electron chi connectivity index (χ2n) is 6.54. The third kappa shape index (κ3) is 3.23. The lowest BCUT2D eigenvalue weighted by molar-refractivity contribution is 0.339. The number of allylic oxidation sites excluding steroid dienone is 1. The van der Waals surface area contributed by atoms with Gasteiger partial charge in [-0.25, -0.2) is 0 Å². The topological polar surface area (TPSA) is 9.23 Å². The predicted octanol–water partition coefficient (Wildman–Crippen LogP) is 4.14. The van der Waals surface area contributed by atoms with Crippen molar-refractivity contribution in [2.75, 3.05) is 6.61 Å². The van der Waals surface area contributed by atoms with Crippen molar-refractivity contribution in [1.29, 1.82) is 0 Å². The van der Waals surface area contributed by atoms with Crippen LogP contribution in [0.3, 0.4) is 0 Å². The average molecular weight is 311 g/mol. The summed E-state index contributed by atoms with van der Waals surface area (Å²) in [4.78, 5) is 0. The summed E-state index contributed by atoms with van der Waals surface area (Å²) in [5, 5.41) is 2.72. The van der Waals surface area contributed by atoms with E-state index in [9.17, 15) is 0 Å². The lowest BCUT2D eigenvalue weighted by atomic mass is 10.2. The van der Waals surface area contributed by atoms with Crippen LogP contribution in [0, 0.1) is 0 Å². The fourth-order valence-electron chi connectivity index (χ4n) is 3.03. The maximum absolute atomic E-state index is 6.66. The molecule has 0 saturated heterocycles. The van der Waals surface area contributed by atoms with Crippen LogP contribution in [0.25, 0.3) is 0 Å². The number of hydrogen-bond acceptors (Lipinski definition) is 1. The second kappa shape index (κ2) is 7.08. The Labute approximate surface area is 135 Å². The molecule has 0 saturated carbocycles. The van der Waals surface area contributed by atoms with Gasteiger partial charge in [0.1, 0.15) is 0 Å². The van der Waals surface area contributed by atoms with E-state index in [0.29, 0.717) is 6.61 Å². The van der Waals surface area contributed by atoms with Gasteiger partial charge >= 0.3 is 0 Å². The quantitative estimate of drug-likeness (QED) is 0.596. The Hall–Kier alpha value is -1.64. The summed E-state index contributed by atoms with van der Waals surface area (Å²) in [5.74, 6) is 0. The van der Waals surface area contributed by atoms with E-state index in [2.05, 4.69) is 93.6 Å². The Morgan fingerprint density at radius 2 is 1.32 bits per heavy atom. The van der Waals surface area contributed by atoms with Gasteiger partial charge in [-0.05, 0) is 22.3 Å². The molecule has 2 rings (SSSR count). The summed E-state index contributed by atoms with van der Waals surface area (Å²) >= 11 is 0. The van der Waals surface area contributed by atoms with Crippen molar-refractivity contribution >= 4 is 18.7 Å². The zero-order valence-electron chi connectivity index (χ0n) is 14.0. The van der Waals surface area contributed by atoms with E-state index in [4.69, 9.17) is 4.43 Å². The first-order valence-electron chi connectivity index (χ1n) is 7.88. The standard InChI is InChI=1S/C20H26OSi/c1-5-6-17-21-22(20(2,3)4,18-13-9-7-10-14-18)19-15-11-8-12-16-19/h5-16H,17H2,1-4H3/b6-5+. The van der Waals surface area contributed by atoms with Gasteiger partial charge < -0.3 is 4.43 Å². The van der Waals surface area contributed by atoms with Crippen LogP contribution in [0.15, 0.2) is 72.8 Å². The highest BCUT2D eigenvalue weighted by atomic mass is 28.4. The summed E-state index contributed by atoms with van der Waals surface area (Å²) in [6.45, 7) is 9.59. The zero-order chi connectivity index (χ0) is 16.1. The van der Waals surface area contributed by atoms with Gasteiger partial charge in [-0.2, -0.15) is 0 Å². The van der Waals surface area contributed by atoms with Gasteiger partial charge in [0, 0.05) is 0 Å². The van der Waals surface area contributed by atoms with E-state index >= 15 is 0 Å². The van der Waals surface area contributed by atoms with Crippen LogP contribution in [0.5, 0.6) is 0 Å². The van der Waals surface area contributed by atoms with Gasteiger partial charge in [-0.15, -0.1) is 0 Å². The van der Waals surface area contributed by atoms with E-state index < -0.39 is 8.32 Å². The van der Waals surface area contributed by atoms with Crippen molar-refractivity contribution in [2.24, 2.45) is 0 Å². The minimum atomic E-state index is -2.34. The monoisotopic (exact) mass is 310 g/mol. The Balaban J connectivity index is 2.64. The Morgan fingerprint density at radius 1 is 0.864 bits per heavy atom. The highest BCUT2D eigenvalue weighted by Gasteiger charge is 2.49. The fraction of sp³-hybridized carbons (Fsp3) is 0.300. The molecule has 0 unspecified atom stereocenters. The molecule has 0 bridgehead atoms. The third-order valence-corrected chi connectivity index (χ3v) is 9.05. The lowest BCUT2D eigenvalue weighted by Gasteiger charge is -2.42. The molecule has 0 aliphatic carbocycles.